The molecule has 4 aliphatic rings. The summed E-state index contributed by atoms with van der Waals surface area (Å²) in [6.45, 7) is 1.83. The molecule has 244 valence electrons. The molecule has 8 rings (SSSR count). The second-order valence-electron chi connectivity index (χ2n) is 12.7. The Morgan fingerprint density at radius 3 is 2.52 bits per heavy atom. The van der Waals surface area contributed by atoms with Crippen molar-refractivity contribution in [3.8, 4) is 17.1 Å². The fourth-order valence-corrected chi connectivity index (χ4v) is 8.61. The number of aromatic nitrogens is 3. The molecular weight excluding hydrogens is 639 g/mol. The summed E-state index contributed by atoms with van der Waals surface area (Å²) in [6.07, 6.45) is -2.62. The van der Waals surface area contributed by atoms with Gasteiger partial charge in [0.25, 0.3) is 0 Å². The lowest BCUT2D eigenvalue weighted by Crippen LogP contribution is -2.51. The third kappa shape index (κ3) is 4.74. The van der Waals surface area contributed by atoms with Crippen LogP contribution < -0.4 is 20.7 Å². The molecule has 4 aliphatic heterocycles. The molecule has 0 spiro atoms. The van der Waals surface area contributed by atoms with Gasteiger partial charge in [-0.1, -0.05) is 11.3 Å². The van der Waals surface area contributed by atoms with Crippen LogP contribution in [0.3, 0.4) is 0 Å². The molecule has 6 heterocycles. The van der Waals surface area contributed by atoms with Gasteiger partial charge in [-0.2, -0.15) is 23.1 Å². The first kappa shape index (κ1) is 29.9. The summed E-state index contributed by atoms with van der Waals surface area (Å²) in [5.74, 6) is -4.18. The minimum Gasteiger partial charge on any atom is -0.461 e. The predicted octanol–water partition coefficient (Wildman–Crippen LogP) is 5.82. The summed E-state index contributed by atoms with van der Waals surface area (Å²) < 4.78 is 111. The zero-order valence-corrected chi connectivity index (χ0v) is 25.0. The van der Waals surface area contributed by atoms with Gasteiger partial charge in [-0.3, -0.25) is 4.90 Å². The Hall–Kier alpha value is -3.50. The molecule has 0 aliphatic carbocycles. The number of nitrogens with one attached hydrogen (secondary N) is 1. The average molecular weight is 668 g/mol. The van der Waals surface area contributed by atoms with Crippen LogP contribution >= 0.6 is 11.3 Å². The van der Waals surface area contributed by atoms with Crippen LogP contribution in [0.25, 0.3) is 32.2 Å². The highest BCUT2D eigenvalue weighted by Gasteiger charge is 2.49. The molecule has 0 amide bonds. The van der Waals surface area contributed by atoms with Crippen LogP contribution in [0.15, 0.2) is 12.1 Å². The lowest BCUT2D eigenvalue weighted by molar-refractivity contribution is -0.137. The SMILES string of the molecule is Nc1nc2c(-c3c(C(F)(F)F)cc4c(N5CC6CCC(C5)N6)nc(OC[C@@]56CCCN5C[C@H](F)C6)nc4c3F)cc(F)c(F)c2s1. The van der Waals surface area contributed by atoms with Gasteiger partial charge in [0.1, 0.15) is 24.1 Å². The molecule has 2 unspecified atom stereocenters. The second-order valence-corrected chi connectivity index (χ2v) is 13.7. The summed E-state index contributed by atoms with van der Waals surface area (Å²) in [5, 5.41) is 3.02. The summed E-state index contributed by atoms with van der Waals surface area (Å²) in [4.78, 5) is 16.6. The van der Waals surface area contributed by atoms with Gasteiger partial charge in [0.2, 0.25) is 0 Å². The number of rotatable bonds is 5. The van der Waals surface area contributed by atoms with E-state index in [1.54, 1.807) is 4.90 Å². The van der Waals surface area contributed by atoms with Gasteiger partial charge in [-0.25, -0.2) is 22.5 Å². The molecule has 16 heteroatoms. The molecule has 4 fully saturated rings. The van der Waals surface area contributed by atoms with E-state index in [2.05, 4.69) is 20.3 Å². The van der Waals surface area contributed by atoms with Crippen LogP contribution in [0.2, 0.25) is 0 Å². The van der Waals surface area contributed by atoms with E-state index in [0.717, 1.165) is 25.3 Å². The number of ether oxygens (including phenoxy) is 1. The summed E-state index contributed by atoms with van der Waals surface area (Å²) in [6, 6.07) is 1.11. The minimum atomic E-state index is -5.12. The van der Waals surface area contributed by atoms with Gasteiger partial charge < -0.3 is 20.7 Å². The number of hydrogen-bond acceptors (Lipinski definition) is 9. The molecule has 2 aromatic carbocycles. The summed E-state index contributed by atoms with van der Waals surface area (Å²) in [5.41, 5.74) is 1.17. The maximum absolute atomic E-state index is 16.8. The predicted molar refractivity (Wildman–Crippen MR) is 158 cm³/mol. The standard InChI is InChI=1S/C30H28F7N7OS/c31-13-8-29(4-1-5-44(29)9-13)12-45-28-41-23-17(26(42-28)43-10-14-2-3-15(11-43)39-14)6-18(30(35,36)37)20(22(23)34)16-7-19(32)21(33)25-24(16)40-27(38)46-25/h6-7,13-15,39H,1-5,8-12H2,(H2,38,40)/t13-,14?,15?,29+/m1/s1. The molecule has 0 saturated carbocycles. The van der Waals surface area contributed by atoms with E-state index < -0.39 is 67.8 Å². The zero-order valence-electron chi connectivity index (χ0n) is 24.2. The number of alkyl halides is 4. The first-order valence-electron chi connectivity index (χ1n) is 15.1. The van der Waals surface area contributed by atoms with Crippen molar-refractivity contribution in [2.45, 2.75) is 62.1 Å². The van der Waals surface area contributed by atoms with Gasteiger partial charge in [0.05, 0.1) is 21.3 Å². The van der Waals surface area contributed by atoms with Crippen molar-refractivity contribution in [1.29, 1.82) is 0 Å². The second kappa shape index (κ2) is 10.5. The highest BCUT2D eigenvalue weighted by molar-refractivity contribution is 7.22. The summed E-state index contributed by atoms with van der Waals surface area (Å²) in [7, 11) is 0. The Kier molecular flexibility index (Phi) is 6.82. The Bertz CT molecular complexity index is 1870. The van der Waals surface area contributed by atoms with E-state index in [1.807, 2.05) is 4.90 Å². The minimum absolute atomic E-state index is 0.0161. The molecule has 46 heavy (non-hydrogen) atoms. The molecular formula is C30H28F7N7OS. The van der Waals surface area contributed by atoms with Crippen molar-refractivity contribution in [3.63, 3.8) is 0 Å². The zero-order chi connectivity index (χ0) is 32.1. The van der Waals surface area contributed by atoms with E-state index in [1.165, 1.54) is 0 Å². The summed E-state index contributed by atoms with van der Waals surface area (Å²) >= 11 is 0.539. The number of piperazine rings is 1. The largest absolute Gasteiger partial charge is 0.461 e. The smallest absolute Gasteiger partial charge is 0.417 e. The lowest BCUT2D eigenvalue weighted by atomic mass is 9.94. The number of fused-ring (bicyclic) bond motifs is 5. The maximum Gasteiger partial charge on any atom is 0.417 e. The van der Waals surface area contributed by atoms with Gasteiger partial charge in [-0.05, 0) is 44.4 Å². The van der Waals surface area contributed by atoms with Crippen LogP contribution in [0.1, 0.15) is 37.7 Å². The Balaban J connectivity index is 1.33. The van der Waals surface area contributed by atoms with Crippen LogP contribution in [0.4, 0.5) is 41.7 Å². The fraction of sp³-hybridized carbons (Fsp3) is 0.500. The Morgan fingerprint density at radius 1 is 1.02 bits per heavy atom. The van der Waals surface area contributed by atoms with Crippen LogP contribution in [0, 0.1) is 17.5 Å². The molecule has 3 N–H and O–H groups in total. The first-order valence-corrected chi connectivity index (χ1v) is 15.9. The van der Waals surface area contributed by atoms with Crippen molar-refractivity contribution in [2.24, 2.45) is 0 Å². The number of nitrogens with two attached hydrogens (primary N) is 1. The average Bonchev–Trinajstić information content (AvgIpc) is 3.75. The van der Waals surface area contributed by atoms with E-state index in [9.17, 15) is 26.3 Å². The molecule has 4 aromatic rings. The quantitative estimate of drug-likeness (QED) is 0.258. The van der Waals surface area contributed by atoms with Gasteiger partial charge in [0, 0.05) is 54.7 Å². The van der Waals surface area contributed by atoms with E-state index in [-0.39, 0.29) is 54.0 Å². The number of thiazole rings is 1. The lowest BCUT2D eigenvalue weighted by Gasteiger charge is -2.35. The third-order valence-electron chi connectivity index (χ3n) is 9.79. The van der Waals surface area contributed by atoms with Crippen molar-refractivity contribution < 1.29 is 35.5 Å². The van der Waals surface area contributed by atoms with Crippen molar-refractivity contribution in [2.75, 3.05) is 43.4 Å². The highest BCUT2D eigenvalue weighted by Crippen LogP contribution is 2.47. The van der Waals surface area contributed by atoms with Crippen LogP contribution in [-0.4, -0.2) is 76.4 Å². The molecule has 2 bridgehead atoms. The Morgan fingerprint density at radius 2 is 1.78 bits per heavy atom. The number of hydrogen-bond donors (Lipinski definition) is 2. The highest BCUT2D eigenvalue weighted by atomic mass is 32.1. The number of halogens is 7. The number of nitrogen functional groups attached to an aromatic ring is 1. The number of anilines is 2. The van der Waals surface area contributed by atoms with E-state index in [4.69, 9.17) is 10.5 Å². The molecule has 0 radical (unpaired) electrons. The van der Waals surface area contributed by atoms with Crippen molar-refractivity contribution in [1.82, 2.24) is 25.2 Å². The fourth-order valence-electron chi connectivity index (χ4n) is 7.83. The van der Waals surface area contributed by atoms with Crippen LogP contribution in [0.5, 0.6) is 6.01 Å². The van der Waals surface area contributed by atoms with E-state index >= 15 is 4.39 Å². The Labute approximate surface area is 261 Å². The van der Waals surface area contributed by atoms with Gasteiger partial charge >= 0.3 is 12.2 Å². The van der Waals surface area contributed by atoms with Gasteiger partial charge in [0.15, 0.2) is 22.6 Å². The third-order valence-corrected chi connectivity index (χ3v) is 10.7. The number of nitrogens with zero attached hydrogens (tertiary/aromatic N) is 5. The topological polar surface area (TPSA) is 92.4 Å². The van der Waals surface area contributed by atoms with E-state index in [0.29, 0.717) is 43.5 Å². The first-order chi connectivity index (χ1) is 21.9. The monoisotopic (exact) mass is 667 g/mol. The number of benzene rings is 2. The van der Waals surface area contributed by atoms with Crippen molar-refractivity contribution >= 4 is 43.4 Å². The molecule has 2 aromatic heterocycles. The molecule has 4 atom stereocenters. The normalized spacial score (nSPS) is 26.5. The van der Waals surface area contributed by atoms with Gasteiger partial charge in [-0.15, -0.1) is 0 Å². The molecule has 4 saturated heterocycles. The van der Waals surface area contributed by atoms with Crippen molar-refractivity contribution in [3.05, 3.63) is 35.1 Å². The molecule has 8 nitrogen and oxygen atoms in total. The maximum atomic E-state index is 16.8. The van der Waals surface area contributed by atoms with Crippen LogP contribution in [-0.2, 0) is 6.18 Å².